The minimum absolute atomic E-state index is 0.0394. The van der Waals surface area contributed by atoms with Gasteiger partial charge in [-0.1, -0.05) is 72.3 Å². The molecule has 1 aliphatic heterocycles. The topological polar surface area (TPSA) is 535 Å². The van der Waals surface area contributed by atoms with Crippen molar-refractivity contribution in [1.29, 1.82) is 0 Å². The Hall–Kier alpha value is -12.0. The average molecular weight is 1640 g/mol. The fraction of sp³-hybridized carbons (Fsp3) is 0.481. The molecule has 1 saturated heterocycles. The highest BCUT2D eigenvalue weighted by molar-refractivity contribution is 6.30. The number of nitrogens with zero attached hydrogens (tertiary/aromatic N) is 4. The number of benzene rings is 4. The monoisotopic (exact) mass is 1640 g/mol. The molecule has 1 aliphatic rings. The molecule has 23 N–H and O–H groups in total. The third-order valence-electron chi connectivity index (χ3n) is 19.5. The van der Waals surface area contributed by atoms with Gasteiger partial charge in [0, 0.05) is 124 Å². The van der Waals surface area contributed by atoms with E-state index in [9.17, 15) is 34.2 Å². The van der Waals surface area contributed by atoms with Gasteiger partial charge in [0.2, 0.25) is 65.0 Å². The van der Waals surface area contributed by atoms with Crippen molar-refractivity contribution in [1.82, 2.24) is 84.0 Å². The van der Waals surface area contributed by atoms with Gasteiger partial charge in [-0.3, -0.25) is 67.7 Å². The number of hydrogen-bond acceptors (Lipinski definition) is 16. The predicted octanol–water partition coefficient (Wildman–Crippen LogP) is 0.695. The number of guanidine groups is 3. The van der Waals surface area contributed by atoms with Crippen LogP contribution in [0.2, 0.25) is 5.02 Å². The highest BCUT2D eigenvalue weighted by Crippen LogP contribution is 2.25. The number of halogens is 1. The van der Waals surface area contributed by atoms with Crippen LogP contribution in [0.15, 0.2) is 124 Å². The number of aromatic amines is 2. The summed E-state index contributed by atoms with van der Waals surface area (Å²) in [6.45, 7) is 12.6. The number of carbonyl (C=O) groups excluding carboxylic acids is 11. The van der Waals surface area contributed by atoms with E-state index in [2.05, 4.69) is 94.1 Å². The zero-order chi connectivity index (χ0) is 84.9. The van der Waals surface area contributed by atoms with E-state index in [0.717, 1.165) is 0 Å². The lowest BCUT2D eigenvalue weighted by Gasteiger charge is -2.30. The number of para-hydroxylation sites is 2. The molecule has 117 heavy (non-hydrogen) atoms. The number of phenols is 1. The van der Waals surface area contributed by atoms with Crippen LogP contribution in [0.5, 0.6) is 5.75 Å². The van der Waals surface area contributed by atoms with Crippen LogP contribution in [-0.2, 0) is 78.4 Å². The summed E-state index contributed by atoms with van der Waals surface area (Å²) in [5, 5.41) is 60.8. The number of aromatic hydroxyl groups is 1. The Labute approximate surface area is 685 Å². The number of nitrogens with two attached hydrogens (primary N) is 3. The molecule has 11 amide bonds. The number of nitrogens with one attached hydrogen (secondary N) is 15. The van der Waals surface area contributed by atoms with E-state index in [0.29, 0.717) is 119 Å². The van der Waals surface area contributed by atoms with Crippen molar-refractivity contribution in [3.05, 3.63) is 137 Å². The first-order valence-corrected chi connectivity index (χ1v) is 40.2. The Morgan fingerprint density at radius 2 is 0.880 bits per heavy atom. The Kier molecular flexibility index (Phi) is 37.6. The van der Waals surface area contributed by atoms with E-state index in [1.807, 2.05) is 45.9 Å². The largest absolute Gasteiger partial charge is 0.508 e. The van der Waals surface area contributed by atoms with Crippen LogP contribution in [0.1, 0.15) is 128 Å². The van der Waals surface area contributed by atoms with E-state index in [4.69, 9.17) is 28.8 Å². The number of aromatic nitrogens is 2. The van der Waals surface area contributed by atoms with Crippen LogP contribution in [-0.4, -0.2) is 227 Å². The number of aliphatic hydroxyl groups is 1. The minimum atomic E-state index is -1.82. The van der Waals surface area contributed by atoms with Gasteiger partial charge in [-0.25, -0.2) is 0 Å². The summed E-state index contributed by atoms with van der Waals surface area (Å²) < 4.78 is 0. The smallest absolute Gasteiger partial charge is 0.245 e. The van der Waals surface area contributed by atoms with Crippen molar-refractivity contribution < 1.29 is 63.0 Å². The van der Waals surface area contributed by atoms with Crippen LogP contribution in [0, 0.1) is 0 Å². The summed E-state index contributed by atoms with van der Waals surface area (Å²) in [4.78, 5) is 180. The summed E-state index contributed by atoms with van der Waals surface area (Å²) in [6.07, 6.45) is 4.83. The molecule has 3 heterocycles. The number of hydrogen-bond donors (Lipinski definition) is 20. The molecule has 2 aromatic heterocycles. The summed E-state index contributed by atoms with van der Waals surface area (Å²) in [5.74, 6) is -8.05. The lowest BCUT2D eigenvalue weighted by atomic mass is 10.0. The van der Waals surface area contributed by atoms with Crippen molar-refractivity contribution in [3.63, 3.8) is 0 Å². The highest BCUT2D eigenvalue weighted by atomic mass is 35.5. The van der Waals surface area contributed by atoms with Gasteiger partial charge in [-0.2, -0.15) is 0 Å². The molecule has 0 unspecified atom stereocenters. The number of amides is 11. The molecule has 4 aromatic carbocycles. The van der Waals surface area contributed by atoms with E-state index >= 15 is 28.8 Å². The Morgan fingerprint density at radius 3 is 1.32 bits per heavy atom. The number of primary amides is 1. The van der Waals surface area contributed by atoms with Crippen LogP contribution in [0.25, 0.3) is 21.8 Å². The Balaban J connectivity index is 1.20. The van der Waals surface area contributed by atoms with Crippen LogP contribution in [0.3, 0.4) is 0 Å². The number of aliphatic imine (C=N–C) groups is 3. The fourth-order valence-corrected chi connectivity index (χ4v) is 13.6. The van der Waals surface area contributed by atoms with Crippen LogP contribution in [0.4, 0.5) is 0 Å². The number of H-pyrrole nitrogens is 2. The molecule has 0 bridgehead atoms. The van der Waals surface area contributed by atoms with Crippen molar-refractivity contribution in [3.8, 4) is 5.75 Å². The second kappa shape index (κ2) is 47.7. The third-order valence-corrected chi connectivity index (χ3v) is 19.8. The first-order valence-electron chi connectivity index (χ1n) is 39.9. The maximum atomic E-state index is 15.5. The average Bonchev–Trinajstić information content (AvgIpc) is 1.73. The van der Waals surface area contributed by atoms with Gasteiger partial charge >= 0.3 is 0 Å². The van der Waals surface area contributed by atoms with E-state index in [1.165, 1.54) is 43.0 Å². The Morgan fingerprint density at radius 1 is 0.487 bits per heavy atom. The summed E-state index contributed by atoms with van der Waals surface area (Å²) >= 11 is 6.30. The highest BCUT2D eigenvalue weighted by Gasteiger charge is 2.41. The van der Waals surface area contributed by atoms with Gasteiger partial charge in [0.1, 0.15) is 66.2 Å². The fourth-order valence-electron chi connectivity index (χ4n) is 13.5. The number of phenolic OH excluding ortho intramolecular Hbond substituents is 1. The van der Waals surface area contributed by atoms with E-state index in [-0.39, 0.29) is 95.6 Å². The van der Waals surface area contributed by atoms with Crippen LogP contribution >= 0.6 is 11.6 Å². The molecule has 0 radical (unpaired) electrons. The quantitative estimate of drug-likeness (QED) is 0.0142. The molecular weight excluding hydrogens is 1520 g/mol. The van der Waals surface area contributed by atoms with Gasteiger partial charge < -0.3 is 111 Å². The van der Waals surface area contributed by atoms with Crippen molar-refractivity contribution in [2.45, 2.75) is 192 Å². The van der Waals surface area contributed by atoms with Gasteiger partial charge in [0.25, 0.3) is 0 Å². The van der Waals surface area contributed by atoms with Crippen molar-refractivity contribution >= 4 is 116 Å². The molecule has 10 atom stereocenters. The molecule has 35 nitrogen and oxygen atoms in total. The summed E-state index contributed by atoms with van der Waals surface area (Å²) in [7, 11) is 0. The van der Waals surface area contributed by atoms with Crippen molar-refractivity contribution in [2.24, 2.45) is 32.2 Å². The standard InChI is InChI=1S/C81H115ClN22O13/c1-7-86-80(87-8-2)91-37-17-15-25-60(96-49(6)106)70(109)99-63(41-50-29-33-54(82)34-30-50)72(111)102-66(44-53-46-94-59-24-14-12-22-57(53)59)75(114)103-67(47-105)76(115)97-61(26-16-18-38-92-81(88-9-3)89-10-4)71(110)100-64(42-51-31-35-55(107)36-32-51)73(112)101-65(43-52-45-93-58-23-13-11-21-56(52)58)74(113)98-62(27-19-39-90-79(84)85)78(117)104-40-20-28-68(104)77(116)95-48(5)69(83)108/h11-14,21-24,29-36,45-46,48,60-68,93-94,105,107H,7-10,15-20,25-28,37-44,47H2,1-6H3,(H2,83,108)(H,95,116)(H,96,106)(H,97,115)(H,98,113)(H,99,109)(H,100,110)(H,101,112)(H,102,111)(H,103,114)(H4,84,85,90)(H2,86,87,91)(H2,88,89,92)/t48-,60-,61+,62+,63-,64-,65+,66-,67+,68+/m1/s1. The first kappa shape index (κ1) is 92.2. The molecule has 0 spiro atoms. The number of likely N-dealkylation sites (tertiary alicyclic amines) is 1. The SMILES string of the molecule is CCNC(=NCCCC[C@H](NC(=O)[C@H](CO)NC(=O)[C@@H](Cc1c[nH]c2ccccc12)NC(=O)[C@@H](Cc1ccc(Cl)cc1)NC(=O)[C@@H](CCCCN=C(NCC)NCC)NC(C)=O)C(=O)N[C@H](Cc1ccc(O)cc1)C(=O)N[C@@H](Cc1c[nH]c2ccccc12)C(=O)N[C@@H](CCCN=C(N)N)C(=O)N1CCC[C@H]1C(=O)N[C@H](C)C(N)=O)NCC. The summed E-state index contributed by atoms with van der Waals surface area (Å²) in [5.41, 5.74) is 20.3. The predicted molar refractivity (Wildman–Crippen MR) is 448 cm³/mol. The molecule has 36 heteroatoms. The van der Waals surface area contributed by atoms with Gasteiger partial charge in [-0.15, -0.1) is 0 Å². The molecule has 0 aliphatic carbocycles. The first-order chi connectivity index (χ1) is 56.2. The molecule has 6 aromatic rings. The number of rotatable bonds is 46. The van der Waals surface area contributed by atoms with E-state index < -0.39 is 132 Å². The second-order valence-electron chi connectivity index (χ2n) is 28.5. The summed E-state index contributed by atoms with van der Waals surface area (Å²) in [6, 6.07) is 12.8. The minimum Gasteiger partial charge on any atom is -0.508 e. The molecule has 0 saturated carbocycles. The lowest BCUT2D eigenvalue weighted by Crippen LogP contribution is -2.61. The van der Waals surface area contributed by atoms with Crippen molar-refractivity contribution in [2.75, 3.05) is 59.0 Å². The normalized spacial score (nSPS) is 14.7. The third kappa shape index (κ3) is 29.7. The molecule has 634 valence electrons. The number of aliphatic hydroxyl groups excluding tert-OH is 1. The molecular formula is C81H115ClN22O13. The Bertz CT molecular complexity index is 4380. The molecule has 1 fully saturated rings. The lowest BCUT2D eigenvalue weighted by molar-refractivity contribution is -0.142. The van der Waals surface area contributed by atoms with Gasteiger partial charge in [0.05, 0.1) is 6.61 Å². The number of fused-ring (bicyclic) bond motifs is 2. The second-order valence-corrected chi connectivity index (χ2v) is 29.0. The zero-order valence-electron chi connectivity index (χ0n) is 67.2. The number of carbonyl (C=O) groups is 11. The van der Waals surface area contributed by atoms with Gasteiger partial charge in [-0.05, 0) is 157 Å². The zero-order valence-corrected chi connectivity index (χ0v) is 68.0. The van der Waals surface area contributed by atoms with E-state index in [1.54, 1.807) is 67.0 Å². The maximum absolute atomic E-state index is 15.5. The van der Waals surface area contributed by atoms with Gasteiger partial charge in [0.15, 0.2) is 17.9 Å². The van der Waals surface area contributed by atoms with Crippen LogP contribution < -0.4 is 86.3 Å². The molecule has 7 rings (SSSR count). The number of unbranched alkanes of at least 4 members (excludes halogenated alkanes) is 2. The maximum Gasteiger partial charge on any atom is 0.245 e.